The Morgan fingerprint density at radius 3 is 2.30 bits per heavy atom. The summed E-state index contributed by atoms with van der Waals surface area (Å²) in [5.74, 6) is 0. The second kappa shape index (κ2) is 3.04. The number of nitrogens with one attached hydrogen (secondary N) is 1. The van der Waals surface area contributed by atoms with Crippen molar-refractivity contribution in [2.45, 2.75) is 6.04 Å². The molecule has 1 atom stereocenters. The van der Waals surface area contributed by atoms with Crippen molar-refractivity contribution in [1.82, 2.24) is 5.32 Å². The lowest BCUT2D eigenvalue weighted by molar-refractivity contribution is 1.08. The van der Waals surface area contributed by atoms with E-state index in [1.165, 1.54) is 5.56 Å². The normalized spacial score (nSPS) is 21.4. The van der Waals surface area contributed by atoms with Crippen molar-refractivity contribution in [2.24, 2.45) is 0 Å². The zero-order valence-corrected chi connectivity index (χ0v) is 6.40. The molecule has 0 aromatic heterocycles. The van der Waals surface area contributed by atoms with Gasteiger partial charge in [-0.25, -0.2) is 0 Å². The number of hydrogen-bond acceptors (Lipinski definition) is 1. The summed E-state index contributed by atoms with van der Waals surface area (Å²) in [6, 6.07) is 11.2. The Labute approximate surface area is 66.9 Å². The third-order valence-electron chi connectivity index (χ3n) is 1.61. The molecule has 1 aromatic rings. The maximum Gasteiger partial charge on any atom is 0.0447 e. The lowest BCUT2D eigenvalue weighted by Gasteiger charge is -1.91. The lowest BCUT2D eigenvalue weighted by atomic mass is 10.2. The summed E-state index contributed by atoms with van der Waals surface area (Å²) >= 11 is 0. The van der Waals surface area contributed by atoms with Gasteiger partial charge in [-0.15, -0.1) is 12.4 Å². The average molecular weight is 156 g/mol. The first kappa shape index (κ1) is 7.58. The van der Waals surface area contributed by atoms with Crippen molar-refractivity contribution in [3.63, 3.8) is 0 Å². The first-order valence-electron chi connectivity index (χ1n) is 3.25. The van der Waals surface area contributed by atoms with Crippen LogP contribution in [0.2, 0.25) is 0 Å². The van der Waals surface area contributed by atoms with E-state index >= 15 is 0 Å². The highest BCUT2D eigenvalue weighted by molar-refractivity contribution is 5.85. The first-order valence-corrected chi connectivity index (χ1v) is 3.25. The van der Waals surface area contributed by atoms with E-state index in [4.69, 9.17) is 0 Å². The molecular formula is C8H10ClN. The fourth-order valence-electron chi connectivity index (χ4n) is 0.980. The lowest BCUT2D eigenvalue weighted by Crippen LogP contribution is -1.80. The monoisotopic (exact) mass is 155 g/mol. The molecule has 0 bridgehead atoms. The van der Waals surface area contributed by atoms with Crippen LogP contribution in [0.5, 0.6) is 0 Å². The van der Waals surface area contributed by atoms with E-state index in [1.54, 1.807) is 0 Å². The Bertz CT molecular complexity index is 194. The van der Waals surface area contributed by atoms with Crippen LogP contribution in [0, 0.1) is 0 Å². The smallest absolute Gasteiger partial charge is 0.0447 e. The Balaban J connectivity index is 0.000000500. The van der Waals surface area contributed by atoms with Crippen molar-refractivity contribution < 1.29 is 0 Å². The number of hydrogen-bond donors (Lipinski definition) is 1. The quantitative estimate of drug-likeness (QED) is 0.614. The maximum absolute atomic E-state index is 3.25. The summed E-state index contributed by atoms with van der Waals surface area (Å²) in [4.78, 5) is 0. The summed E-state index contributed by atoms with van der Waals surface area (Å²) < 4.78 is 0. The molecule has 10 heavy (non-hydrogen) atoms. The molecule has 1 saturated heterocycles. The van der Waals surface area contributed by atoms with Crippen LogP contribution in [0.15, 0.2) is 30.3 Å². The van der Waals surface area contributed by atoms with Gasteiger partial charge < -0.3 is 5.32 Å². The van der Waals surface area contributed by atoms with Crippen molar-refractivity contribution in [1.29, 1.82) is 0 Å². The molecule has 1 heterocycles. The van der Waals surface area contributed by atoms with Crippen molar-refractivity contribution in [3.05, 3.63) is 35.9 Å². The minimum Gasteiger partial charge on any atom is -0.307 e. The maximum atomic E-state index is 3.25. The molecule has 0 spiro atoms. The predicted molar refractivity (Wildman–Crippen MR) is 44.4 cm³/mol. The van der Waals surface area contributed by atoms with E-state index in [0.29, 0.717) is 6.04 Å². The van der Waals surface area contributed by atoms with Gasteiger partial charge in [-0.05, 0) is 5.56 Å². The molecule has 0 saturated carbocycles. The Morgan fingerprint density at radius 1 is 1.20 bits per heavy atom. The second-order valence-corrected chi connectivity index (χ2v) is 2.37. The van der Waals surface area contributed by atoms with Gasteiger partial charge in [0.25, 0.3) is 0 Å². The van der Waals surface area contributed by atoms with Gasteiger partial charge in [0.1, 0.15) is 0 Å². The fraction of sp³-hybridized carbons (Fsp3) is 0.250. The molecule has 1 aliphatic rings. The van der Waals surface area contributed by atoms with Gasteiger partial charge in [0, 0.05) is 12.6 Å². The van der Waals surface area contributed by atoms with Crippen molar-refractivity contribution >= 4 is 12.4 Å². The topological polar surface area (TPSA) is 21.9 Å². The molecule has 2 rings (SSSR count). The van der Waals surface area contributed by atoms with Crippen LogP contribution in [-0.2, 0) is 0 Å². The van der Waals surface area contributed by atoms with E-state index in [1.807, 2.05) is 6.07 Å². The summed E-state index contributed by atoms with van der Waals surface area (Å²) in [6.07, 6.45) is 0. The van der Waals surface area contributed by atoms with Crippen molar-refractivity contribution in [3.8, 4) is 0 Å². The van der Waals surface area contributed by atoms with Crippen LogP contribution in [0.4, 0.5) is 0 Å². The van der Waals surface area contributed by atoms with Gasteiger partial charge in [-0.1, -0.05) is 30.3 Å². The molecule has 1 aromatic carbocycles. The van der Waals surface area contributed by atoms with Crippen molar-refractivity contribution in [2.75, 3.05) is 6.54 Å². The molecule has 1 fully saturated rings. The van der Waals surface area contributed by atoms with Crippen LogP contribution in [0.3, 0.4) is 0 Å². The molecule has 1 aliphatic heterocycles. The highest BCUT2D eigenvalue weighted by Crippen LogP contribution is 2.19. The standard InChI is InChI=1S/C8H9N.ClH/c1-2-4-7(5-3-1)8-6-9-8;/h1-5,8-9H,6H2;1H/t8-;/m0./s1. The van der Waals surface area contributed by atoms with E-state index in [2.05, 4.69) is 29.6 Å². The van der Waals surface area contributed by atoms with Gasteiger partial charge in [0.15, 0.2) is 0 Å². The Kier molecular flexibility index (Phi) is 2.30. The minimum atomic E-state index is 0. The summed E-state index contributed by atoms with van der Waals surface area (Å²) in [7, 11) is 0. The minimum absolute atomic E-state index is 0. The summed E-state index contributed by atoms with van der Waals surface area (Å²) in [5, 5.41) is 3.25. The number of rotatable bonds is 1. The fourth-order valence-corrected chi connectivity index (χ4v) is 0.980. The van der Waals surface area contributed by atoms with Crippen LogP contribution in [-0.4, -0.2) is 6.54 Å². The van der Waals surface area contributed by atoms with Gasteiger partial charge in [0.2, 0.25) is 0 Å². The summed E-state index contributed by atoms with van der Waals surface area (Å²) in [5.41, 5.74) is 1.41. The molecule has 0 radical (unpaired) electrons. The molecular weight excluding hydrogens is 146 g/mol. The highest BCUT2D eigenvalue weighted by atomic mass is 35.5. The molecule has 0 unspecified atom stereocenters. The Hall–Kier alpha value is -0.530. The third kappa shape index (κ3) is 1.49. The highest BCUT2D eigenvalue weighted by Gasteiger charge is 2.20. The predicted octanol–water partition coefficient (Wildman–Crippen LogP) is 1.75. The molecule has 0 aliphatic carbocycles. The molecule has 1 N–H and O–H groups in total. The zero-order chi connectivity index (χ0) is 6.10. The molecule has 54 valence electrons. The van der Waals surface area contributed by atoms with Gasteiger partial charge in [0.05, 0.1) is 0 Å². The third-order valence-corrected chi connectivity index (χ3v) is 1.61. The summed E-state index contributed by atoms with van der Waals surface area (Å²) in [6.45, 7) is 1.16. The second-order valence-electron chi connectivity index (χ2n) is 2.37. The van der Waals surface area contributed by atoms with Crippen LogP contribution >= 0.6 is 12.4 Å². The van der Waals surface area contributed by atoms with Crippen LogP contribution < -0.4 is 5.32 Å². The van der Waals surface area contributed by atoms with Crippen LogP contribution in [0.25, 0.3) is 0 Å². The van der Waals surface area contributed by atoms with Gasteiger partial charge in [-0.3, -0.25) is 0 Å². The molecule has 2 heteroatoms. The number of benzene rings is 1. The van der Waals surface area contributed by atoms with E-state index in [9.17, 15) is 0 Å². The van der Waals surface area contributed by atoms with Gasteiger partial charge in [-0.2, -0.15) is 0 Å². The Morgan fingerprint density at radius 2 is 1.80 bits per heavy atom. The molecule has 0 amide bonds. The number of halogens is 1. The first-order chi connectivity index (χ1) is 4.47. The largest absolute Gasteiger partial charge is 0.307 e. The van der Waals surface area contributed by atoms with E-state index in [0.717, 1.165) is 6.54 Å². The van der Waals surface area contributed by atoms with E-state index < -0.39 is 0 Å². The van der Waals surface area contributed by atoms with Crippen LogP contribution in [0.1, 0.15) is 11.6 Å². The average Bonchev–Trinajstić information content (AvgIpc) is 2.71. The SMILES string of the molecule is Cl.c1ccc([C@@H]2CN2)cc1. The van der Waals surface area contributed by atoms with E-state index in [-0.39, 0.29) is 12.4 Å². The molecule has 1 nitrogen and oxygen atoms in total. The zero-order valence-electron chi connectivity index (χ0n) is 5.58. The van der Waals surface area contributed by atoms with Gasteiger partial charge >= 0.3 is 0 Å².